The highest BCUT2D eigenvalue weighted by molar-refractivity contribution is 5.96. The maximum absolute atomic E-state index is 13.1. The number of ketones is 1. The highest BCUT2D eigenvalue weighted by Gasteiger charge is 2.15. The highest BCUT2D eigenvalue weighted by atomic mass is 19.1. The number of benzene rings is 1. The van der Waals surface area contributed by atoms with Crippen molar-refractivity contribution in [1.82, 2.24) is 5.32 Å². The molecule has 0 spiro atoms. The van der Waals surface area contributed by atoms with Crippen molar-refractivity contribution in [2.24, 2.45) is 0 Å². The lowest BCUT2D eigenvalue weighted by molar-refractivity contribution is 0.0974. The molecule has 4 heteroatoms. The van der Waals surface area contributed by atoms with Crippen molar-refractivity contribution >= 4 is 5.78 Å². The summed E-state index contributed by atoms with van der Waals surface area (Å²) in [7, 11) is 0. The number of rotatable bonds is 5. The first kappa shape index (κ1) is 11.8. The lowest BCUT2D eigenvalue weighted by Gasteiger charge is -2.04. The Bertz CT molecular complexity index is 332. The fourth-order valence-electron chi connectivity index (χ4n) is 1.27. The molecule has 0 aromatic heterocycles. The van der Waals surface area contributed by atoms with Crippen LogP contribution in [0.3, 0.4) is 0 Å². The topological polar surface area (TPSA) is 29.1 Å². The summed E-state index contributed by atoms with van der Waals surface area (Å²) in [6.45, 7) is 3.06. The summed E-state index contributed by atoms with van der Waals surface area (Å²) < 4.78 is 26.3. The molecule has 1 aromatic rings. The maximum Gasteiger partial charge on any atom is 0.170 e. The zero-order chi connectivity index (χ0) is 11.3. The fourth-order valence-corrected chi connectivity index (χ4v) is 1.27. The first-order chi connectivity index (χ1) is 7.16. The highest BCUT2D eigenvalue weighted by Crippen LogP contribution is 2.13. The van der Waals surface area contributed by atoms with Crippen LogP contribution < -0.4 is 5.32 Å². The molecule has 0 aliphatic heterocycles. The van der Waals surface area contributed by atoms with Crippen molar-refractivity contribution in [1.29, 1.82) is 0 Å². The molecular weight excluding hydrogens is 200 g/mol. The molecule has 0 fully saturated rings. The monoisotopic (exact) mass is 213 g/mol. The number of nitrogens with one attached hydrogen (secondary N) is 1. The maximum atomic E-state index is 13.1. The van der Waals surface area contributed by atoms with Crippen LogP contribution in [-0.2, 0) is 0 Å². The Morgan fingerprint density at radius 2 is 1.93 bits per heavy atom. The van der Waals surface area contributed by atoms with E-state index in [9.17, 15) is 13.6 Å². The molecule has 0 saturated carbocycles. The standard InChI is InChI=1S/C11H13F2NO/c1-2-14-7-6-10(15)11-8(12)4-3-5-9(11)13/h3-5,14H,2,6-7H2,1H3. The van der Waals surface area contributed by atoms with E-state index in [0.717, 1.165) is 18.7 Å². The van der Waals surface area contributed by atoms with E-state index in [0.29, 0.717) is 6.54 Å². The molecule has 0 heterocycles. The molecule has 82 valence electrons. The van der Waals surface area contributed by atoms with Gasteiger partial charge in [0, 0.05) is 13.0 Å². The Morgan fingerprint density at radius 1 is 1.33 bits per heavy atom. The minimum atomic E-state index is -0.795. The number of Topliss-reactive ketones (excluding diaryl/α,β-unsaturated/α-hetero) is 1. The molecule has 1 aromatic carbocycles. The summed E-state index contributed by atoms with van der Waals surface area (Å²) in [5, 5.41) is 2.92. The van der Waals surface area contributed by atoms with Crippen LogP contribution in [0.25, 0.3) is 0 Å². The molecule has 0 aliphatic carbocycles. The largest absolute Gasteiger partial charge is 0.317 e. The second kappa shape index (κ2) is 5.56. The van der Waals surface area contributed by atoms with Gasteiger partial charge in [0.1, 0.15) is 11.6 Å². The van der Waals surface area contributed by atoms with Gasteiger partial charge in [-0.25, -0.2) is 8.78 Å². The van der Waals surface area contributed by atoms with Gasteiger partial charge < -0.3 is 5.32 Å². The minimum Gasteiger partial charge on any atom is -0.317 e. The van der Waals surface area contributed by atoms with E-state index in [1.807, 2.05) is 6.92 Å². The van der Waals surface area contributed by atoms with Crippen LogP contribution in [0, 0.1) is 11.6 Å². The van der Waals surface area contributed by atoms with E-state index in [1.54, 1.807) is 0 Å². The van der Waals surface area contributed by atoms with Crippen LogP contribution in [0.1, 0.15) is 23.7 Å². The van der Waals surface area contributed by atoms with E-state index in [1.165, 1.54) is 6.07 Å². The molecule has 15 heavy (non-hydrogen) atoms. The Balaban J connectivity index is 2.73. The summed E-state index contributed by atoms with van der Waals surface area (Å²) in [5.41, 5.74) is -0.435. The summed E-state index contributed by atoms with van der Waals surface area (Å²) in [6, 6.07) is 3.42. The van der Waals surface area contributed by atoms with Crippen LogP contribution >= 0.6 is 0 Å². The van der Waals surface area contributed by atoms with Crippen molar-refractivity contribution in [2.75, 3.05) is 13.1 Å². The third-order valence-electron chi connectivity index (χ3n) is 2.02. The number of halogens is 2. The minimum absolute atomic E-state index is 0.103. The smallest absolute Gasteiger partial charge is 0.170 e. The van der Waals surface area contributed by atoms with Crippen LogP contribution in [-0.4, -0.2) is 18.9 Å². The molecule has 0 bridgehead atoms. The van der Waals surface area contributed by atoms with Crippen LogP contribution in [0.2, 0.25) is 0 Å². The van der Waals surface area contributed by atoms with Crippen LogP contribution in [0.15, 0.2) is 18.2 Å². The Kier molecular flexibility index (Phi) is 4.37. The predicted octanol–water partition coefficient (Wildman–Crippen LogP) is 2.15. The van der Waals surface area contributed by atoms with Crippen molar-refractivity contribution in [2.45, 2.75) is 13.3 Å². The number of carbonyl (C=O) groups excluding carboxylic acids is 1. The zero-order valence-corrected chi connectivity index (χ0v) is 8.52. The first-order valence-corrected chi connectivity index (χ1v) is 4.84. The van der Waals surface area contributed by atoms with Gasteiger partial charge in [0.05, 0.1) is 5.56 Å². The zero-order valence-electron chi connectivity index (χ0n) is 8.52. The summed E-state index contributed by atoms with van der Waals surface area (Å²) in [5.74, 6) is -2.10. The van der Waals surface area contributed by atoms with Gasteiger partial charge in [-0.3, -0.25) is 4.79 Å². The second-order valence-corrected chi connectivity index (χ2v) is 3.12. The first-order valence-electron chi connectivity index (χ1n) is 4.84. The summed E-state index contributed by atoms with van der Waals surface area (Å²) >= 11 is 0. The van der Waals surface area contributed by atoms with Crippen molar-refractivity contribution in [3.63, 3.8) is 0 Å². The molecule has 0 unspecified atom stereocenters. The van der Waals surface area contributed by atoms with Gasteiger partial charge in [-0.2, -0.15) is 0 Å². The SMILES string of the molecule is CCNCCC(=O)c1c(F)cccc1F. The average molecular weight is 213 g/mol. The second-order valence-electron chi connectivity index (χ2n) is 3.12. The molecule has 0 aliphatic rings. The van der Waals surface area contributed by atoms with Crippen molar-refractivity contribution < 1.29 is 13.6 Å². The van der Waals surface area contributed by atoms with E-state index in [4.69, 9.17) is 0 Å². The average Bonchev–Trinajstić information content (AvgIpc) is 2.18. The third kappa shape index (κ3) is 3.09. The van der Waals surface area contributed by atoms with Gasteiger partial charge in [-0.05, 0) is 18.7 Å². The Hall–Kier alpha value is -1.29. The molecule has 0 amide bonds. The Morgan fingerprint density at radius 3 is 2.47 bits per heavy atom. The molecule has 0 saturated heterocycles. The van der Waals surface area contributed by atoms with Gasteiger partial charge in [0.15, 0.2) is 5.78 Å². The Labute approximate surface area is 87.3 Å². The van der Waals surface area contributed by atoms with Crippen molar-refractivity contribution in [3.05, 3.63) is 35.4 Å². The number of hydrogen-bond acceptors (Lipinski definition) is 2. The van der Waals surface area contributed by atoms with Crippen molar-refractivity contribution in [3.8, 4) is 0 Å². The van der Waals surface area contributed by atoms with E-state index in [-0.39, 0.29) is 6.42 Å². The van der Waals surface area contributed by atoms with Gasteiger partial charge in [-0.15, -0.1) is 0 Å². The molecule has 1 N–H and O–H groups in total. The number of hydrogen-bond donors (Lipinski definition) is 1. The van der Waals surface area contributed by atoms with E-state index >= 15 is 0 Å². The third-order valence-corrected chi connectivity index (χ3v) is 2.02. The summed E-state index contributed by atoms with van der Waals surface area (Å²) in [6.07, 6.45) is 0.103. The van der Waals surface area contributed by atoms with Gasteiger partial charge in [-0.1, -0.05) is 13.0 Å². The molecule has 0 radical (unpaired) electrons. The quantitative estimate of drug-likeness (QED) is 0.599. The van der Waals surface area contributed by atoms with E-state index in [2.05, 4.69) is 5.32 Å². The number of carbonyl (C=O) groups is 1. The predicted molar refractivity (Wildman–Crippen MR) is 53.8 cm³/mol. The molecule has 2 nitrogen and oxygen atoms in total. The lowest BCUT2D eigenvalue weighted by Crippen LogP contribution is -2.18. The molecule has 1 rings (SSSR count). The van der Waals surface area contributed by atoms with Crippen LogP contribution in [0.5, 0.6) is 0 Å². The van der Waals surface area contributed by atoms with E-state index < -0.39 is 23.0 Å². The normalized spacial score (nSPS) is 10.3. The van der Waals surface area contributed by atoms with Gasteiger partial charge in [0.25, 0.3) is 0 Å². The molecular formula is C11H13F2NO. The van der Waals surface area contributed by atoms with Gasteiger partial charge in [0.2, 0.25) is 0 Å². The fraction of sp³-hybridized carbons (Fsp3) is 0.364. The lowest BCUT2D eigenvalue weighted by atomic mass is 10.1. The van der Waals surface area contributed by atoms with Crippen LogP contribution in [0.4, 0.5) is 8.78 Å². The molecule has 0 atom stereocenters. The van der Waals surface area contributed by atoms with Gasteiger partial charge >= 0.3 is 0 Å². The summed E-state index contributed by atoms with van der Waals surface area (Å²) in [4.78, 5) is 11.4.